The van der Waals surface area contributed by atoms with Gasteiger partial charge in [0.2, 0.25) is 0 Å². The standard InChI is InChI=1S/C24H24O4/c1-17(21-14-8-12-19-11-6-7-13-22(19)21)28-24(26)16-20(15-23(25)27-2)18-9-4-3-5-10-18/h3-14,17,20H,15-16H2,1-2H3/t17-,20+/m1/s1. The summed E-state index contributed by atoms with van der Waals surface area (Å²) in [6.07, 6.45) is -0.125. The summed E-state index contributed by atoms with van der Waals surface area (Å²) in [6.45, 7) is 1.87. The predicted octanol–water partition coefficient (Wildman–Crippen LogP) is 5.18. The molecule has 0 aromatic heterocycles. The van der Waals surface area contributed by atoms with E-state index in [1.807, 2.05) is 79.7 Å². The first kappa shape index (κ1) is 19.6. The number of esters is 2. The normalized spacial score (nSPS) is 12.9. The summed E-state index contributed by atoms with van der Waals surface area (Å²) in [5.74, 6) is -0.956. The maximum atomic E-state index is 12.6. The van der Waals surface area contributed by atoms with Crippen molar-refractivity contribution < 1.29 is 19.1 Å². The van der Waals surface area contributed by atoms with Crippen molar-refractivity contribution in [1.82, 2.24) is 0 Å². The summed E-state index contributed by atoms with van der Waals surface area (Å²) in [5.41, 5.74) is 1.89. The van der Waals surface area contributed by atoms with Gasteiger partial charge in [-0.15, -0.1) is 0 Å². The molecule has 0 unspecified atom stereocenters. The van der Waals surface area contributed by atoms with Gasteiger partial charge in [-0.3, -0.25) is 9.59 Å². The van der Waals surface area contributed by atoms with Gasteiger partial charge in [0.1, 0.15) is 6.10 Å². The summed E-state index contributed by atoms with van der Waals surface area (Å²) in [7, 11) is 1.35. The Morgan fingerprint density at radius 1 is 0.821 bits per heavy atom. The minimum atomic E-state index is -0.381. The Morgan fingerprint density at radius 3 is 2.21 bits per heavy atom. The molecule has 0 spiro atoms. The van der Waals surface area contributed by atoms with Gasteiger partial charge in [0.25, 0.3) is 0 Å². The summed E-state index contributed by atoms with van der Waals surface area (Å²) in [5, 5.41) is 2.18. The molecular formula is C24H24O4. The van der Waals surface area contributed by atoms with Crippen LogP contribution in [0.25, 0.3) is 10.8 Å². The molecule has 144 valence electrons. The fourth-order valence-electron chi connectivity index (χ4n) is 3.43. The third kappa shape index (κ3) is 4.77. The maximum absolute atomic E-state index is 12.6. The lowest BCUT2D eigenvalue weighted by Gasteiger charge is -2.19. The minimum absolute atomic E-state index is 0.119. The molecule has 28 heavy (non-hydrogen) atoms. The minimum Gasteiger partial charge on any atom is -0.469 e. The topological polar surface area (TPSA) is 52.6 Å². The van der Waals surface area contributed by atoms with E-state index in [1.165, 1.54) is 7.11 Å². The molecule has 0 heterocycles. The van der Waals surface area contributed by atoms with Crippen LogP contribution in [0, 0.1) is 0 Å². The number of hydrogen-bond donors (Lipinski definition) is 0. The van der Waals surface area contributed by atoms with Crippen LogP contribution in [0.2, 0.25) is 0 Å². The molecule has 0 aliphatic heterocycles. The first-order valence-corrected chi connectivity index (χ1v) is 9.37. The SMILES string of the molecule is COC(=O)C[C@@H](CC(=O)O[C@H](C)c1cccc2ccccc12)c1ccccc1. The van der Waals surface area contributed by atoms with E-state index in [0.717, 1.165) is 21.9 Å². The van der Waals surface area contributed by atoms with Gasteiger partial charge in [0.05, 0.1) is 20.0 Å². The highest BCUT2D eigenvalue weighted by atomic mass is 16.5. The van der Waals surface area contributed by atoms with E-state index in [9.17, 15) is 9.59 Å². The summed E-state index contributed by atoms with van der Waals surface area (Å²) in [6, 6.07) is 23.5. The average Bonchev–Trinajstić information content (AvgIpc) is 2.73. The molecule has 0 radical (unpaired) electrons. The molecule has 0 amide bonds. The monoisotopic (exact) mass is 376 g/mol. The molecule has 3 rings (SSSR count). The molecule has 3 aromatic rings. The van der Waals surface area contributed by atoms with Gasteiger partial charge in [0, 0.05) is 5.92 Å². The molecular weight excluding hydrogens is 352 g/mol. The molecule has 2 atom stereocenters. The Morgan fingerprint density at radius 2 is 1.46 bits per heavy atom. The molecule has 3 aromatic carbocycles. The Bertz CT molecular complexity index is 944. The van der Waals surface area contributed by atoms with Crippen molar-refractivity contribution in [3.63, 3.8) is 0 Å². The zero-order valence-electron chi connectivity index (χ0n) is 16.1. The van der Waals surface area contributed by atoms with Crippen molar-refractivity contribution >= 4 is 22.7 Å². The second-order valence-electron chi connectivity index (χ2n) is 6.79. The van der Waals surface area contributed by atoms with E-state index in [-0.39, 0.29) is 36.8 Å². The van der Waals surface area contributed by atoms with E-state index in [4.69, 9.17) is 9.47 Å². The number of carbonyl (C=O) groups is 2. The largest absolute Gasteiger partial charge is 0.469 e. The van der Waals surface area contributed by atoms with Crippen molar-refractivity contribution in [2.45, 2.75) is 31.8 Å². The van der Waals surface area contributed by atoms with Crippen LogP contribution in [0.1, 0.15) is 42.9 Å². The molecule has 0 aliphatic rings. The second-order valence-corrected chi connectivity index (χ2v) is 6.79. The number of ether oxygens (including phenoxy) is 2. The molecule has 0 bridgehead atoms. The van der Waals surface area contributed by atoms with Gasteiger partial charge in [-0.25, -0.2) is 0 Å². The fraction of sp³-hybridized carbons (Fsp3) is 0.250. The number of hydrogen-bond acceptors (Lipinski definition) is 4. The molecule has 0 N–H and O–H groups in total. The first-order valence-electron chi connectivity index (χ1n) is 9.37. The summed E-state index contributed by atoms with van der Waals surface area (Å²) in [4.78, 5) is 24.4. The summed E-state index contributed by atoms with van der Waals surface area (Å²) >= 11 is 0. The van der Waals surface area contributed by atoms with E-state index in [0.29, 0.717) is 0 Å². The third-order valence-electron chi connectivity index (χ3n) is 4.89. The number of benzene rings is 3. The van der Waals surface area contributed by atoms with Gasteiger partial charge in [-0.2, -0.15) is 0 Å². The van der Waals surface area contributed by atoms with Crippen molar-refractivity contribution in [3.05, 3.63) is 83.9 Å². The smallest absolute Gasteiger partial charge is 0.307 e. The first-order chi connectivity index (χ1) is 13.6. The van der Waals surface area contributed by atoms with Crippen LogP contribution >= 0.6 is 0 Å². The van der Waals surface area contributed by atoms with Crippen LogP contribution in [0.4, 0.5) is 0 Å². The van der Waals surface area contributed by atoms with Gasteiger partial charge < -0.3 is 9.47 Å². The molecule has 0 saturated carbocycles. The van der Waals surface area contributed by atoms with Gasteiger partial charge in [-0.05, 0) is 28.8 Å². The van der Waals surface area contributed by atoms with Crippen LogP contribution in [0.5, 0.6) is 0 Å². The molecule has 4 nitrogen and oxygen atoms in total. The highest BCUT2D eigenvalue weighted by Crippen LogP contribution is 2.29. The zero-order valence-corrected chi connectivity index (χ0v) is 16.1. The van der Waals surface area contributed by atoms with Gasteiger partial charge >= 0.3 is 11.9 Å². The fourth-order valence-corrected chi connectivity index (χ4v) is 3.43. The Balaban J connectivity index is 1.74. The van der Waals surface area contributed by atoms with Crippen molar-refractivity contribution in [3.8, 4) is 0 Å². The lowest BCUT2D eigenvalue weighted by atomic mass is 9.92. The van der Waals surface area contributed by atoms with Gasteiger partial charge in [0.15, 0.2) is 0 Å². The van der Waals surface area contributed by atoms with Crippen molar-refractivity contribution in [1.29, 1.82) is 0 Å². The lowest BCUT2D eigenvalue weighted by molar-refractivity contribution is -0.149. The maximum Gasteiger partial charge on any atom is 0.307 e. The van der Waals surface area contributed by atoms with Crippen LogP contribution in [0.3, 0.4) is 0 Å². The van der Waals surface area contributed by atoms with Crippen LogP contribution in [-0.2, 0) is 19.1 Å². The van der Waals surface area contributed by atoms with E-state index in [2.05, 4.69) is 0 Å². The van der Waals surface area contributed by atoms with Crippen molar-refractivity contribution in [2.24, 2.45) is 0 Å². The van der Waals surface area contributed by atoms with Crippen molar-refractivity contribution in [2.75, 3.05) is 7.11 Å². The molecule has 4 heteroatoms. The van der Waals surface area contributed by atoms with Gasteiger partial charge in [-0.1, -0.05) is 72.8 Å². The molecule has 0 saturated heterocycles. The quantitative estimate of drug-likeness (QED) is 0.533. The second kappa shape index (κ2) is 9.18. The zero-order chi connectivity index (χ0) is 19.9. The molecule has 0 aliphatic carbocycles. The van der Waals surface area contributed by atoms with Crippen LogP contribution < -0.4 is 0 Å². The predicted molar refractivity (Wildman–Crippen MR) is 109 cm³/mol. The highest BCUT2D eigenvalue weighted by Gasteiger charge is 2.22. The Kier molecular flexibility index (Phi) is 6.43. The lowest BCUT2D eigenvalue weighted by Crippen LogP contribution is -2.16. The highest BCUT2D eigenvalue weighted by molar-refractivity contribution is 5.86. The number of fused-ring (bicyclic) bond motifs is 1. The van der Waals surface area contributed by atoms with Crippen LogP contribution in [-0.4, -0.2) is 19.0 Å². The Hall–Kier alpha value is -3.14. The Labute approximate surface area is 165 Å². The average molecular weight is 376 g/mol. The van der Waals surface area contributed by atoms with E-state index in [1.54, 1.807) is 0 Å². The van der Waals surface area contributed by atoms with E-state index >= 15 is 0 Å². The summed E-state index contributed by atoms with van der Waals surface area (Å²) < 4.78 is 10.5. The van der Waals surface area contributed by atoms with E-state index < -0.39 is 0 Å². The number of rotatable bonds is 7. The third-order valence-corrected chi connectivity index (χ3v) is 4.89. The molecule has 0 fully saturated rings. The number of methoxy groups -OCH3 is 1. The number of carbonyl (C=O) groups excluding carboxylic acids is 2. The van der Waals surface area contributed by atoms with Crippen LogP contribution in [0.15, 0.2) is 72.8 Å².